The third kappa shape index (κ3) is 5.47. The highest BCUT2D eigenvalue weighted by atomic mass is 19.1. The molecule has 1 spiro atoms. The number of nitrogens with zero attached hydrogens (tertiary/aromatic N) is 7. The maximum absolute atomic E-state index is 14.5. The van der Waals surface area contributed by atoms with E-state index in [1.165, 1.54) is 18.5 Å². The Morgan fingerprint density at radius 3 is 2.66 bits per heavy atom. The molecule has 44 heavy (non-hydrogen) atoms. The van der Waals surface area contributed by atoms with Crippen LogP contribution in [0.4, 0.5) is 10.2 Å². The lowest BCUT2D eigenvalue weighted by molar-refractivity contribution is -0.135. The van der Waals surface area contributed by atoms with E-state index in [4.69, 9.17) is 4.74 Å². The van der Waals surface area contributed by atoms with Crippen LogP contribution in [0.15, 0.2) is 36.7 Å². The van der Waals surface area contributed by atoms with Crippen LogP contribution in [-0.2, 0) is 4.79 Å². The van der Waals surface area contributed by atoms with Gasteiger partial charge in [0.1, 0.15) is 29.7 Å². The number of halogens is 1. The molecule has 1 aromatic carbocycles. The van der Waals surface area contributed by atoms with Crippen molar-refractivity contribution in [1.29, 1.82) is 5.26 Å². The Labute approximate surface area is 256 Å². The van der Waals surface area contributed by atoms with Crippen LogP contribution in [0.2, 0.25) is 0 Å². The van der Waals surface area contributed by atoms with Crippen LogP contribution in [0.3, 0.4) is 0 Å². The number of rotatable bonds is 7. The quantitative estimate of drug-likeness (QED) is 0.415. The summed E-state index contributed by atoms with van der Waals surface area (Å²) in [6, 6.07) is 9.90. The number of hydrogen-bond acceptors (Lipinski definition) is 9. The minimum absolute atomic E-state index is 0.0575. The predicted octanol–water partition coefficient (Wildman–Crippen LogP) is 4.68. The number of piperidine rings is 1. The highest BCUT2D eigenvalue weighted by Gasteiger charge is 2.47. The fraction of sp³-hybridized carbons (Fsp3) is 0.515. The topological polar surface area (TPSA) is 120 Å². The number of nitrogens with one attached hydrogen (secondary N) is 1. The molecule has 10 nitrogen and oxygen atoms in total. The van der Waals surface area contributed by atoms with Crippen molar-refractivity contribution in [2.24, 2.45) is 17.3 Å². The van der Waals surface area contributed by atoms with Crippen molar-refractivity contribution >= 4 is 11.7 Å². The summed E-state index contributed by atoms with van der Waals surface area (Å²) in [7, 11) is 0. The minimum atomic E-state index is -0.395. The maximum atomic E-state index is 14.5. The van der Waals surface area contributed by atoms with E-state index in [1.54, 1.807) is 12.1 Å². The van der Waals surface area contributed by atoms with Gasteiger partial charge in [0.25, 0.3) is 5.88 Å². The summed E-state index contributed by atoms with van der Waals surface area (Å²) in [6.07, 6.45) is 6.20. The van der Waals surface area contributed by atoms with Crippen molar-refractivity contribution in [2.75, 3.05) is 37.6 Å². The zero-order chi connectivity index (χ0) is 30.4. The normalized spacial score (nSPS) is 22.6. The molecule has 4 fully saturated rings. The van der Waals surface area contributed by atoms with Crippen LogP contribution in [0.5, 0.6) is 11.6 Å². The van der Waals surface area contributed by atoms with Crippen molar-refractivity contribution in [2.45, 2.75) is 57.9 Å². The second kappa shape index (κ2) is 11.4. The molecule has 11 heteroatoms. The molecule has 3 aromatic rings. The lowest BCUT2D eigenvalue weighted by Gasteiger charge is -2.54. The van der Waals surface area contributed by atoms with E-state index < -0.39 is 5.82 Å². The average Bonchev–Trinajstić information content (AvgIpc) is 3.75. The molecule has 4 aliphatic rings. The second-order valence-corrected chi connectivity index (χ2v) is 13.2. The first kappa shape index (κ1) is 28.6. The second-order valence-electron chi connectivity index (χ2n) is 13.2. The fourth-order valence-electron chi connectivity index (χ4n) is 6.99. The zero-order valence-corrected chi connectivity index (χ0v) is 25.2. The molecule has 5 heterocycles. The number of carbonyl (C=O) groups excluding carboxylic acids is 1. The van der Waals surface area contributed by atoms with Crippen molar-refractivity contribution in [3.63, 3.8) is 0 Å². The van der Waals surface area contributed by atoms with Gasteiger partial charge in [0.05, 0.1) is 11.7 Å². The highest BCUT2D eigenvalue weighted by Crippen LogP contribution is 2.47. The minimum Gasteiger partial charge on any atom is -0.434 e. The number of amides is 1. The van der Waals surface area contributed by atoms with Gasteiger partial charge in [-0.1, -0.05) is 13.8 Å². The van der Waals surface area contributed by atoms with Crippen LogP contribution < -0.4 is 15.0 Å². The fourth-order valence-corrected chi connectivity index (χ4v) is 6.99. The number of hydrogen-bond donors (Lipinski definition) is 1. The lowest BCUT2D eigenvalue weighted by atomic mass is 9.72. The molecule has 3 saturated heterocycles. The summed E-state index contributed by atoms with van der Waals surface area (Å²) in [5.74, 6) is 2.50. The van der Waals surface area contributed by atoms with Gasteiger partial charge in [-0.15, -0.1) is 10.2 Å². The van der Waals surface area contributed by atoms with E-state index in [0.717, 1.165) is 76.1 Å². The van der Waals surface area contributed by atoms with Crippen molar-refractivity contribution < 1.29 is 13.9 Å². The van der Waals surface area contributed by atoms with Gasteiger partial charge in [0, 0.05) is 48.6 Å². The first-order chi connectivity index (χ1) is 21.3. The number of carbonyl (C=O) groups is 1. The van der Waals surface area contributed by atoms with Gasteiger partial charge in [0.2, 0.25) is 5.91 Å². The summed E-state index contributed by atoms with van der Waals surface area (Å²) in [6.45, 7) is 8.50. The number of aromatic nitrogens is 4. The van der Waals surface area contributed by atoms with Crippen LogP contribution in [0.1, 0.15) is 63.3 Å². The number of ether oxygens (including phenoxy) is 1. The molecule has 3 aliphatic heterocycles. The average molecular weight is 597 g/mol. The third-order valence-electron chi connectivity index (χ3n) is 9.91. The van der Waals surface area contributed by atoms with Gasteiger partial charge in [0.15, 0.2) is 5.82 Å². The van der Waals surface area contributed by atoms with E-state index in [2.05, 4.69) is 50.3 Å². The van der Waals surface area contributed by atoms with Crippen molar-refractivity contribution in [3.05, 3.63) is 53.9 Å². The number of benzene rings is 1. The highest BCUT2D eigenvalue weighted by molar-refractivity contribution is 5.82. The zero-order valence-electron chi connectivity index (χ0n) is 25.2. The van der Waals surface area contributed by atoms with E-state index in [-0.39, 0.29) is 29.2 Å². The van der Waals surface area contributed by atoms with Gasteiger partial charge >= 0.3 is 0 Å². The Hall–Kier alpha value is -4.17. The maximum Gasteiger partial charge on any atom is 0.282 e. The molecule has 0 unspecified atom stereocenters. The molecule has 1 aliphatic carbocycles. The summed E-state index contributed by atoms with van der Waals surface area (Å²) in [5, 5.41) is 21.1. The molecule has 228 valence electrons. The van der Waals surface area contributed by atoms with E-state index in [0.29, 0.717) is 34.7 Å². The van der Waals surface area contributed by atoms with Gasteiger partial charge in [-0.25, -0.2) is 14.4 Å². The molecule has 7 rings (SSSR count). The number of anilines is 1. The summed E-state index contributed by atoms with van der Waals surface area (Å²) in [5.41, 5.74) is 2.55. The summed E-state index contributed by atoms with van der Waals surface area (Å²) >= 11 is 0. The van der Waals surface area contributed by atoms with Gasteiger partial charge in [-0.3, -0.25) is 4.79 Å². The van der Waals surface area contributed by atoms with Gasteiger partial charge in [-0.2, -0.15) is 5.26 Å². The van der Waals surface area contributed by atoms with Crippen molar-refractivity contribution in [1.82, 2.24) is 30.4 Å². The monoisotopic (exact) mass is 596 g/mol. The lowest BCUT2D eigenvalue weighted by Crippen LogP contribution is -2.62. The van der Waals surface area contributed by atoms with Crippen LogP contribution in [0, 0.1) is 34.4 Å². The van der Waals surface area contributed by atoms with Gasteiger partial charge < -0.3 is 19.9 Å². The smallest absolute Gasteiger partial charge is 0.282 e. The largest absolute Gasteiger partial charge is 0.434 e. The van der Waals surface area contributed by atoms with E-state index >= 15 is 0 Å². The Morgan fingerprint density at radius 2 is 1.95 bits per heavy atom. The number of pyridine rings is 1. The number of nitriles is 1. The molecule has 0 radical (unpaired) electrons. The SMILES string of the molecule is CC(C)[C@H]1CN[C@H](C(=O)N2CCC3(CC2)CN(c2ncnnc2Oc2ccc(F)cc2-c2ccc(C#N)nc2C2CC2)C3)C1. The number of likely N-dealkylation sites (tertiary alicyclic amines) is 1. The Balaban J connectivity index is 1.05. The Kier molecular flexibility index (Phi) is 7.41. The molecule has 1 amide bonds. The first-order valence-corrected chi connectivity index (χ1v) is 15.7. The predicted molar refractivity (Wildman–Crippen MR) is 161 cm³/mol. The molecule has 1 saturated carbocycles. The molecule has 0 bridgehead atoms. The summed E-state index contributed by atoms with van der Waals surface area (Å²) in [4.78, 5) is 26.5. The van der Waals surface area contributed by atoms with Crippen LogP contribution in [0.25, 0.3) is 11.1 Å². The van der Waals surface area contributed by atoms with E-state index in [1.807, 2.05) is 11.0 Å². The molecular weight excluding hydrogens is 559 g/mol. The molecule has 1 N–H and O–H groups in total. The summed E-state index contributed by atoms with van der Waals surface area (Å²) < 4.78 is 20.9. The van der Waals surface area contributed by atoms with E-state index in [9.17, 15) is 14.4 Å². The Morgan fingerprint density at radius 1 is 1.16 bits per heavy atom. The van der Waals surface area contributed by atoms with Crippen LogP contribution in [-0.4, -0.2) is 69.7 Å². The third-order valence-corrected chi connectivity index (χ3v) is 9.91. The first-order valence-electron chi connectivity index (χ1n) is 15.7. The van der Waals surface area contributed by atoms with Crippen molar-refractivity contribution in [3.8, 4) is 28.8 Å². The Bertz CT molecular complexity index is 1600. The standard InChI is InChI=1S/C33H37FN8O2/c1-20(2)22-13-27(36-16-22)32(43)41-11-9-33(10-12-41)17-42(18-33)30-31(40-38-19-37-30)44-28-8-5-23(34)14-26(28)25-7-6-24(15-35)39-29(25)21-3-4-21/h5-8,14,19-22,27,36H,3-4,9-13,16-18H2,1-2H3/t22-,27+/m1/s1. The molecule has 2 aromatic heterocycles. The molecule has 2 atom stereocenters. The molecular formula is C33H37FN8O2. The van der Waals surface area contributed by atoms with Crippen LogP contribution >= 0.6 is 0 Å². The van der Waals surface area contributed by atoms with Gasteiger partial charge in [-0.05, 0) is 80.8 Å².